The molecule has 3 rings (SSSR count). The van der Waals surface area contributed by atoms with Crippen molar-refractivity contribution in [3.63, 3.8) is 0 Å². The highest BCUT2D eigenvalue weighted by molar-refractivity contribution is 5.96. The third-order valence-electron chi connectivity index (χ3n) is 3.51. The second kappa shape index (κ2) is 5.42. The number of aliphatic hydroxyl groups excluding tert-OH is 1. The van der Waals surface area contributed by atoms with Crippen LogP contribution in [-0.2, 0) is 0 Å². The minimum Gasteiger partial charge on any atom is -0.369 e. The number of carbonyl (C=O) groups is 1. The van der Waals surface area contributed by atoms with Crippen molar-refractivity contribution in [2.24, 2.45) is 0 Å². The van der Waals surface area contributed by atoms with E-state index in [4.69, 9.17) is 0 Å². The largest absolute Gasteiger partial charge is 0.369 e. The van der Waals surface area contributed by atoms with Crippen molar-refractivity contribution in [1.82, 2.24) is 4.90 Å². The molecule has 1 aliphatic rings. The van der Waals surface area contributed by atoms with E-state index in [1.165, 1.54) is 24.4 Å². The molecule has 1 aliphatic heterocycles. The second-order valence-electron chi connectivity index (χ2n) is 4.81. The van der Waals surface area contributed by atoms with Crippen LogP contribution in [0.15, 0.2) is 54.7 Å². The zero-order valence-corrected chi connectivity index (χ0v) is 11.4. The monoisotopic (exact) mass is 296 g/mol. The highest BCUT2D eigenvalue weighted by Crippen LogP contribution is 2.34. The van der Waals surface area contributed by atoms with Crippen LogP contribution in [0.25, 0.3) is 6.08 Å². The molecule has 0 unspecified atom stereocenters. The summed E-state index contributed by atoms with van der Waals surface area (Å²) in [5, 5.41) is 21.4. The van der Waals surface area contributed by atoms with Crippen LogP contribution in [0.1, 0.15) is 27.7 Å². The molecule has 1 amide bonds. The van der Waals surface area contributed by atoms with Gasteiger partial charge in [0.2, 0.25) is 0 Å². The summed E-state index contributed by atoms with van der Waals surface area (Å²) in [6.45, 7) is 0. The number of carbonyl (C=O) groups excluding carboxylic acids is 1. The molecule has 0 bridgehead atoms. The van der Waals surface area contributed by atoms with Crippen LogP contribution in [0.3, 0.4) is 0 Å². The Morgan fingerprint density at radius 2 is 1.86 bits per heavy atom. The average Bonchev–Trinajstić information content (AvgIpc) is 2.55. The SMILES string of the molecule is O=C(c1ccccc1)N1C=Cc2c(cccc2[N+](=O)[O-])[C@H]1O. The molecule has 6 heteroatoms. The first kappa shape index (κ1) is 14.0. The summed E-state index contributed by atoms with van der Waals surface area (Å²) in [5.41, 5.74) is 0.984. The topological polar surface area (TPSA) is 83.7 Å². The summed E-state index contributed by atoms with van der Waals surface area (Å²) < 4.78 is 0. The van der Waals surface area contributed by atoms with E-state index < -0.39 is 11.2 Å². The lowest BCUT2D eigenvalue weighted by atomic mass is 10.00. The second-order valence-corrected chi connectivity index (χ2v) is 4.81. The van der Waals surface area contributed by atoms with Gasteiger partial charge in [0.05, 0.1) is 10.5 Å². The maximum atomic E-state index is 12.4. The number of rotatable bonds is 2. The molecule has 110 valence electrons. The Labute approximate surface area is 126 Å². The first-order chi connectivity index (χ1) is 10.6. The van der Waals surface area contributed by atoms with Gasteiger partial charge >= 0.3 is 0 Å². The van der Waals surface area contributed by atoms with Gasteiger partial charge in [-0.15, -0.1) is 0 Å². The van der Waals surface area contributed by atoms with Crippen molar-refractivity contribution in [1.29, 1.82) is 0 Å². The third-order valence-corrected chi connectivity index (χ3v) is 3.51. The fraction of sp³-hybridized carbons (Fsp3) is 0.0625. The number of aliphatic hydroxyl groups is 1. The zero-order valence-electron chi connectivity index (χ0n) is 11.4. The number of amides is 1. The van der Waals surface area contributed by atoms with Gasteiger partial charge in [0, 0.05) is 23.4 Å². The van der Waals surface area contributed by atoms with E-state index in [0.717, 1.165) is 4.90 Å². The molecule has 0 radical (unpaired) electrons. The van der Waals surface area contributed by atoms with Gasteiger partial charge in [0.15, 0.2) is 6.23 Å². The number of nitrogens with zero attached hydrogens (tertiary/aromatic N) is 2. The first-order valence-corrected chi connectivity index (χ1v) is 6.61. The lowest BCUT2D eigenvalue weighted by Crippen LogP contribution is -2.32. The highest BCUT2D eigenvalue weighted by Gasteiger charge is 2.30. The van der Waals surface area contributed by atoms with Gasteiger partial charge in [-0.2, -0.15) is 0 Å². The number of hydrogen-bond acceptors (Lipinski definition) is 4. The number of nitro groups is 1. The van der Waals surface area contributed by atoms with Crippen molar-refractivity contribution < 1.29 is 14.8 Å². The van der Waals surface area contributed by atoms with E-state index in [9.17, 15) is 20.0 Å². The maximum absolute atomic E-state index is 12.4. The Kier molecular flexibility index (Phi) is 3.44. The van der Waals surface area contributed by atoms with E-state index >= 15 is 0 Å². The Hall–Kier alpha value is -2.99. The van der Waals surface area contributed by atoms with Crippen LogP contribution >= 0.6 is 0 Å². The minimum absolute atomic E-state index is 0.0976. The molecule has 0 spiro atoms. The molecular weight excluding hydrogens is 284 g/mol. The van der Waals surface area contributed by atoms with E-state index in [-0.39, 0.29) is 11.6 Å². The van der Waals surface area contributed by atoms with Crippen LogP contribution in [0, 0.1) is 10.1 Å². The van der Waals surface area contributed by atoms with Crippen molar-refractivity contribution >= 4 is 17.7 Å². The third kappa shape index (κ3) is 2.25. The molecule has 1 N–H and O–H groups in total. The maximum Gasteiger partial charge on any atom is 0.277 e. The van der Waals surface area contributed by atoms with Gasteiger partial charge in [-0.3, -0.25) is 19.8 Å². The van der Waals surface area contributed by atoms with Crippen LogP contribution in [0.2, 0.25) is 0 Å². The van der Waals surface area contributed by atoms with Crippen molar-refractivity contribution in [3.05, 3.63) is 81.5 Å². The fourth-order valence-corrected chi connectivity index (χ4v) is 2.43. The van der Waals surface area contributed by atoms with E-state index in [0.29, 0.717) is 16.7 Å². The molecule has 1 heterocycles. The molecule has 6 nitrogen and oxygen atoms in total. The van der Waals surface area contributed by atoms with Gasteiger partial charge in [-0.1, -0.05) is 30.3 Å². The number of hydrogen-bond donors (Lipinski definition) is 1. The Balaban J connectivity index is 2.00. The zero-order chi connectivity index (χ0) is 15.7. The molecule has 1 atom stereocenters. The average molecular weight is 296 g/mol. The van der Waals surface area contributed by atoms with Gasteiger partial charge in [0.1, 0.15) is 0 Å². The van der Waals surface area contributed by atoms with Crippen molar-refractivity contribution in [2.75, 3.05) is 0 Å². The van der Waals surface area contributed by atoms with Crippen LogP contribution in [0.5, 0.6) is 0 Å². The van der Waals surface area contributed by atoms with E-state index in [2.05, 4.69) is 0 Å². The molecule has 0 saturated carbocycles. The summed E-state index contributed by atoms with van der Waals surface area (Å²) >= 11 is 0. The summed E-state index contributed by atoms with van der Waals surface area (Å²) in [6.07, 6.45) is 1.59. The Morgan fingerprint density at radius 1 is 1.14 bits per heavy atom. The summed E-state index contributed by atoms with van der Waals surface area (Å²) in [7, 11) is 0. The lowest BCUT2D eigenvalue weighted by Gasteiger charge is -2.29. The van der Waals surface area contributed by atoms with Gasteiger partial charge < -0.3 is 5.11 Å². The normalized spacial score (nSPS) is 16.2. The number of nitro benzene ring substituents is 1. The van der Waals surface area contributed by atoms with Crippen molar-refractivity contribution in [3.8, 4) is 0 Å². The summed E-state index contributed by atoms with van der Waals surface area (Å²) in [4.78, 5) is 24.1. The van der Waals surface area contributed by atoms with Gasteiger partial charge in [0.25, 0.3) is 11.6 Å². The number of fused-ring (bicyclic) bond motifs is 1. The van der Waals surface area contributed by atoms with Gasteiger partial charge in [-0.05, 0) is 18.2 Å². The Morgan fingerprint density at radius 3 is 2.55 bits per heavy atom. The number of benzene rings is 2. The minimum atomic E-state index is -1.26. The Bertz CT molecular complexity index is 771. The molecular formula is C16H12N2O4. The lowest BCUT2D eigenvalue weighted by molar-refractivity contribution is -0.385. The highest BCUT2D eigenvalue weighted by atomic mass is 16.6. The fourth-order valence-electron chi connectivity index (χ4n) is 2.43. The smallest absolute Gasteiger partial charge is 0.277 e. The first-order valence-electron chi connectivity index (χ1n) is 6.61. The molecule has 22 heavy (non-hydrogen) atoms. The van der Waals surface area contributed by atoms with Crippen LogP contribution in [-0.4, -0.2) is 20.8 Å². The molecule has 0 fully saturated rings. The van der Waals surface area contributed by atoms with Crippen molar-refractivity contribution in [2.45, 2.75) is 6.23 Å². The molecule has 0 aromatic heterocycles. The summed E-state index contributed by atoms with van der Waals surface area (Å²) in [6, 6.07) is 13.0. The van der Waals surface area contributed by atoms with Gasteiger partial charge in [-0.25, -0.2) is 0 Å². The van der Waals surface area contributed by atoms with E-state index in [1.54, 1.807) is 36.4 Å². The molecule has 0 saturated heterocycles. The quantitative estimate of drug-likeness (QED) is 0.682. The molecule has 2 aromatic rings. The molecule has 2 aromatic carbocycles. The predicted octanol–water partition coefficient (Wildman–Crippen LogP) is 2.71. The standard InChI is InChI=1S/C16H12N2O4/c19-15(11-5-2-1-3-6-11)17-10-9-12-13(16(17)20)7-4-8-14(12)18(21)22/h1-10,16,20H/t16-/m1/s1. The summed E-state index contributed by atoms with van der Waals surface area (Å²) in [5.74, 6) is -0.374. The van der Waals surface area contributed by atoms with Crippen LogP contribution < -0.4 is 0 Å². The van der Waals surface area contributed by atoms with E-state index in [1.807, 2.05) is 0 Å². The predicted molar refractivity (Wildman–Crippen MR) is 79.7 cm³/mol. The van der Waals surface area contributed by atoms with Crippen LogP contribution in [0.4, 0.5) is 5.69 Å². The molecule has 0 aliphatic carbocycles.